The van der Waals surface area contributed by atoms with Crippen LogP contribution in [0.15, 0.2) is 54.9 Å². The fourth-order valence-electron chi connectivity index (χ4n) is 4.03. The van der Waals surface area contributed by atoms with Crippen molar-refractivity contribution in [2.45, 2.75) is 33.1 Å². The van der Waals surface area contributed by atoms with Gasteiger partial charge in [-0.15, -0.1) is 0 Å². The number of aryl methyl sites for hydroxylation is 2. The van der Waals surface area contributed by atoms with Crippen molar-refractivity contribution in [2.75, 3.05) is 29.0 Å². The molecule has 5 heteroatoms. The molecule has 1 saturated heterocycles. The van der Waals surface area contributed by atoms with Crippen molar-refractivity contribution in [1.82, 2.24) is 9.97 Å². The van der Waals surface area contributed by atoms with Crippen molar-refractivity contribution in [1.29, 1.82) is 0 Å². The van der Waals surface area contributed by atoms with E-state index in [9.17, 15) is 0 Å². The minimum Gasteiger partial charge on any atom is -0.393 e. The molecule has 0 aliphatic carbocycles. The summed E-state index contributed by atoms with van der Waals surface area (Å²) in [6.45, 7) is 6.11. The zero-order chi connectivity index (χ0) is 20.2. The van der Waals surface area contributed by atoms with E-state index in [4.69, 9.17) is 5.73 Å². The van der Waals surface area contributed by atoms with Gasteiger partial charge >= 0.3 is 0 Å². The molecule has 0 bridgehead atoms. The summed E-state index contributed by atoms with van der Waals surface area (Å²) in [5.41, 5.74) is 11.9. The van der Waals surface area contributed by atoms with Crippen molar-refractivity contribution < 1.29 is 0 Å². The van der Waals surface area contributed by atoms with Gasteiger partial charge in [0.2, 0.25) is 0 Å². The quantitative estimate of drug-likeness (QED) is 0.653. The summed E-state index contributed by atoms with van der Waals surface area (Å²) in [4.78, 5) is 11.2. The van der Waals surface area contributed by atoms with E-state index in [1.165, 1.54) is 11.1 Å². The average Bonchev–Trinajstić information content (AvgIpc) is 2.74. The predicted octanol–water partition coefficient (Wildman–Crippen LogP) is 4.88. The molecule has 3 aromatic rings. The summed E-state index contributed by atoms with van der Waals surface area (Å²) in [6, 6.07) is 17.1. The van der Waals surface area contributed by atoms with Gasteiger partial charge in [0, 0.05) is 18.8 Å². The lowest BCUT2D eigenvalue weighted by Gasteiger charge is -2.33. The second-order valence-corrected chi connectivity index (χ2v) is 8.02. The van der Waals surface area contributed by atoms with Gasteiger partial charge in [-0.05, 0) is 61.8 Å². The molecule has 5 nitrogen and oxygen atoms in total. The van der Waals surface area contributed by atoms with Gasteiger partial charge < -0.3 is 16.0 Å². The standard InChI is InChI=1S/C24H29N5/c1-17-8-9-18(2)21(14-17)28-23-22(25)24(27-16-26-23)29-12-10-20(11-13-29)15-19-6-4-3-5-7-19/h3-9,14,16,20H,10-13,15,25H2,1-2H3,(H,26,27,28). The van der Waals surface area contributed by atoms with E-state index < -0.39 is 0 Å². The second kappa shape index (κ2) is 8.52. The number of aromatic nitrogens is 2. The molecule has 0 unspecified atom stereocenters. The minimum atomic E-state index is 0.620. The number of hydrogen-bond donors (Lipinski definition) is 2. The van der Waals surface area contributed by atoms with Crippen molar-refractivity contribution >= 4 is 23.0 Å². The SMILES string of the molecule is Cc1ccc(C)c(Nc2ncnc(N3CCC(Cc4ccccc4)CC3)c2N)c1. The predicted molar refractivity (Wildman–Crippen MR) is 121 cm³/mol. The topological polar surface area (TPSA) is 67.1 Å². The largest absolute Gasteiger partial charge is 0.393 e. The molecule has 1 aromatic heterocycles. The number of piperidine rings is 1. The number of nitrogens with zero attached hydrogens (tertiary/aromatic N) is 3. The summed E-state index contributed by atoms with van der Waals surface area (Å²) in [6.07, 6.45) is 5.05. The Balaban J connectivity index is 1.44. The van der Waals surface area contributed by atoms with Crippen molar-refractivity contribution in [3.8, 4) is 0 Å². The summed E-state index contributed by atoms with van der Waals surface area (Å²) in [5, 5.41) is 3.40. The molecule has 3 N–H and O–H groups in total. The van der Waals surface area contributed by atoms with Gasteiger partial charge in [-0.3, -0.25) is 0 Å². The van der Waals surface area contributed by atoms with Crippen LogP contribution in [0.3, 0.4) is 0 Å². The van der Waals surface area contributed by atoms with Crippen LogP contribution in [0.5, 0.6) is 0 Å². The van der Waals surface area contributed by atoms with Crippen molar-refractivity contribution in [2.24, 2.45) is 5.92 Å². The molecular formula is C24H29N5. The van der Waals surface area contributed by atoms with Gasteiger partial charge in [0.25, 0.3) is 0 Å². The molecule has 4 rings (SSSR count). The molecule has 0 radical (unpaired) electrons. The van der Waals surface area contributed by atoms with E-state index in [1.807, 2.05) is 0 Å². The molecule has 2 aromatic carbocycles. The highest BCUT2D eigenvalue weighted by molar-refractivity contribution is 5.79. The average molecular weight is 388 g/mol. The Labute approximate surface area is 173 Å². The van der Waals surface area contributed by atoms with Gasteiger partial charge in [-0.2, -0.15) is 0 Å². The summed E-state index contributed by atoms with van der Waals surface area (Å²) in [7, 11) is 0. The van der Waals surface area contributed by atoms with Crippen LogP contribution < -0.4 is 16.0 Å². The molecule has 2 heterocycles. The number of benzene rings is 2. The third-order valence-corrected chi connectivity index (χ3v) is 5.79. The molecular weight excluding hydrogens is 358 g/mol. The summed E-state index contributed by atoms with van der Waals surface area (Å²) >= 11 is 0. The van der Waals surface area contributed by atoms with Crippen LogP contribution in [0.4, 0.5) is 23.0 Å². The summed E-state index contributed by atoms with van der Waals surface area (Å²) < 4.78 is 0. The van der Waals surface area contributed by atoms with E-state index in [1.54, 1.807) is 6.33 Å². The molecule has 1 aliphatic heterocycles. The summed E-state index contributed by atoms with van der Waals surface area (Å²) in [5.74, 6) is 2.23. The van der Waals surface area contributed by atoms with Crippen molar-refractivity contribution in [3.05, 3.63) is 71.5 Å². The fourth-order valence-corrected chi connectivity index (χ4v) is 4.03. The molecule has 29 heavy (non-hydrogen) atoms. The lowest BCUT2D eigenvalue weighted by Crippen LogP contribution is -2.35. The smallest absolute Gasteiger partial charge is 0.159 e. The number of anilines is 4. The molecule has 0 atom stereocenters. The molecule has 150 valence electrons. The highest BCUT2D eigenvalue weighted by Gasteiger charge is 2.23. The zero-order valence-corrected chi connectivity index (χ0v) is 17.2. The molecule has 1 aliphatic rings. The van der Waals surface area contributed by atoms with Gasteiger partial charge in [-0.25, -0.2) is 9.97 Å². The minimum absolute atomic E-state index is 0.620. The first kappa shape index (κ1) is 19.2. The van der Waals surface area contributed by atoms with E-state index >= 15 is 0 Å². The number of rotatable bonds is 5. The van der Waals surface area contributed by atoms with Crippen LogP contribution in [0.25, 0.3) is 0 Å². The van der Waals surface area contributed by atoms with Gasteiger partial charge in [0.1, 0.15) is 12.0 Å². The van der Waals surface area contributed by atoms with Crippen molar-refractivity contribution in [3.63, 3.8) is 0 Å². The molecule has 0 spiro atoms. The van der Waals surface area contributed by atoms with E-state index in [0.29, 0.717) is 17.4 Å². The Morgan fingerprint density at radius 3 is 2.55 bits per heavy atom. The third-order valence-electron chi connectivity index (χ3n) is 5.79. The Kier molecular flexibility index (Phi) is 5.65. The van der Waals surface area contributed by atoms with E-state index in [0.717, 1.165) is 49.4 Å². The van der Waals surface area contributed by atoms with E-state index in [-0.39, 0.29) is 0 Å². The van der Waals surface area contributed by atoms with Crippen LogP contribution in [0, 0.1) is 19.8 Å². The Bertz CT molecular complexity index is 962. The van der Waals surface area contributed by atoms with Crippen LogP contribution in [-0.4, -0.2) is 23.1 Å². The maximum absolute atomic E-state index is 6.48. The normalized spacial score (nSPS) is 14.8. The Morgan fingerprint density at radius 2 is 1.79 bits per heavy atom. The number of nitrogens with one attached hydrogen (secondary N) is 1. The molecule has 0 saturated carbocycles. The highest BCUT2D eigenvalue weighted by atomic mass is 15.2. The van der Waals surface area contributed by atoms with E-state index in [2.05, 4.69) is 82.6 Å². The number of hydrogen-bond acceptors (Lipinski definition) is 5. The third kappa shape index (κ3) is 4.50. The lowest BCUT2D eigenvalue weighted by atomic mass is 9.90. The maximum Gasteiger partial charge on any atom is 0.159 e. The van der Waals surface area contributed by atoms with Crippen LogP contribution in [0.2, 0.25) is 0 Å². The fraction of sp³-hybridized carbons (Fsp3) is 0.333. The van der Waals surface area contributed by atoms with Gasteiger partial charge in [0.15, 0.2) is 11.6 Å². The Hall–Kier alpha value is -3.08. The van der Waals surface area contributed by atoms with Crippen LogP contribution >= 0.6 is 0 Å². The first-order valence-electron chi connectivity index (χ1n) is 10.3. The molecule has 1 fully saturated rings. The first-order chi connectivity index (χ1) is 14.1. The second-order valence-electron chi connectivity index (χ2n) is 8.02. The molecule has 0 amide bonds. The first-order valence-corrected chi connectivity index (χ1v) is 10.3. The highest BCUT2D eigenvalue weighted by Crippen LogP contribution is 2.32. The van der Waals surface area contributed by atoms with Gasteiger partial charge in [0.05, 0.1) is 0 Å². The van der Waals surface area contributed by atoms with Crippen LogP contribution in [0.1, 0.15) is 29.5 Å². The number of nitrogen functional groups attached to an aromatic ring is 1. The lowest BCUT2D eigenvalue weighted by molar-refractivity contribution is 0.402. The zero-order valence-electron chi connectivity index (χ0n) is 17.2. The number of nitrogens with two attached hydrogens (primary N) is 1. The monoisotopic (exact) mass is 387 g/mol. The maximum atomic E-state index is 6.48. The van der Waals surface area contributed by atoms with Crippen LogP contribution in [-0.2, 0) is 6.42 Å². The van der Waals surface area contributed by atoms with Gasteiger partial charge in [-0.1, -0.05) is 42.5 Å². The Morgan fingerprint density at radius 1 is 1.03 bits per heavy atom.